The molecule has 174 valence electrons. The molecule has 0 radical (unpaired) electrons. The minimum Gasteiger partial charge on any atom is -0.493 e. The van der Waals surface area contributed by atoms with Crippen molar-refractivity contribution in [3.63, 3.8) is 0 Å². The first-order chi connectivity index (χ1) is 16.0. The number of nitrogens with one attached hydrogen (secondary N) is 1. The highest BCUT2D eigenvalue weighted by atomic mass is 16.5. The number of benzene rings is 2. The summed E-state index contributed by atoms with van der Waals surface area (Å²) in [5.74, 6) is 0.389. The van der Waals surface area contributed by atoms with Crippen LogP contribution in [-0.4, -0.2) is 50.9 Å². The molecule has 0 bridgehead atoms. The molecule has 2 aromatic carbocycles. The minimum atomic E-state index is -0.484. The molecule has 8 heteroatoms. The Hall–Kier alpha value is -3.81. The van der Waals surface area contributed by atoms with Crippen molar-refractivity contribution in [2.45, 2.75) is 20.3 Å². The Kier molecular flexibility index (Phi) is 8.07. The van der Waals surface area contributed by atoms with E-state index in [0.29, 0.717) is 52.2 Å². The molecule has 0 saturated carbocycles. The lowest BCUT2D eigenvalue weighted by atomic mass is 10.1. The van der Waals surface area contributed by atoms with Gasteiger partial charge < -0.3 is 24.3 Å². The van der Waals surface area contributed by atoms with E-state index in [2.05, 4.69) is 10.3 Å². The molecular weight excluding hydrogens is 424 g/mol. The van der Waals surface area contributed by atoms with Crippen LogP contribution in [0.5, 0.6) is 11.5 Å². The molecule has 33 heavy (non-hydrogen) atoms. The quantitative estimate of drug-likeness (QED) is 0.456. The van der Waals surface area contributed by atoms with Crippen molar-refractivity contribution in [1.82, 2.24) is 4.98 Å². The molecule has 0 saturated heterocycles. The van der Waals surface area contributed by atoms with E-state index >= 15 is 0 Å². The fourth-order valence-electron chi connectivity index (χ4n) is 3.46. The van der Waals surface area contributed by atoms with E-state index in [-0.39, 0.29) is 13.2 Å². The predicted octanol–water partition coefficient (Wildman–Crippen LogP) is 4.26. The summed E-state index contributed by atoms with van der Waals surface area (Å²) < 4.78 is 21.0. The van der Waals surface area contributed by atoms with Gasteiger partial charge in [0.15, 0.2) is 11.5 Å². The number of carbonyl (C=O) groups excluding carboxylic acids is 2. The van der Waals surface area contributed by atoms with Crippen LogP contribution in [-0.2, 0) is 15.9 Å². The number of methoxy groups -OCH3 is 2. The topological polar surface area (TPSA) is 96.0 Å². The first-order valence-corrected chi connectivity index (χ1v) is 10.7. The first-order valence-electron chi connectivity index (χ1n) is 10.7. The molecule has 3 aromatic rings. The Morgan fingerprint density at radius 2 is 1.64 bits per heavy atom. The van der Waals surface area contributed by atoms with E-state index < -0.39 is 11.9 Å². The highest BCUT2D eigenvalue weighted by Crippen LogP contribution is 2.30. The maximum atomic E-state index is 12.6. The number of hydrogen-bond donors (Lipinski definition) is 1. The number of ether oxygens (including phenoxy) is 4. The van der Waals surface area contributed by atoms with Crippen LogP contribution in [0, 0.1) is 0 Å². The molecule has 0 aliphatic rings. The molecule has 1 N–H and O–H groups in total. The van der Waals surface area contributed by atoms with Gasteiger partial charge in [-0.1, -0.05) is 6.07 Å². The number of nitrogens with zero attached hydrogens (tertiary/aromatic N) is 1. The SMILES string of the molecule is CCOC(=O)c1ccc2ncc(C(=O)OCC)c(NCCc3ccc(OC)c(OC)c3)c2c1. The third kappa shape index (κ3) is 5.52. The number of carbonyl (C=O) groups is 2. The number of pyridine rings is 1. The highest BCUT2D eigenvalue weighted by molar-refractivity contribution is 6.06. The summed E-state index contributed by atoms with van der Waals surface area (Å²) in [6.45, 7) is 4.53. The summed E-state index contributed by atoms with van der Waals surface area (Å²) in [5, 5.41) is 3.98. The van der Waals surface area contributed by atoms with Crippen molar-refractivity contribution >= 4 is 28.5 Å². The number of esters is 2. The Balaban J connectivity index is 1.93. The lowest BCUT2D eigenvalue weighted by Gasteiger charge is -2.15. The summed E-state index contributed by atoms with van der Waals surface area (Å²) in [6.07, 6.45) is 2.15. The fourth-order valence-corrected chi connectivity index (χ4v) is 3.46. The molecule has 8 nitrogen and oxygen atoms in total. The van der Waals surface area contributed by atoms with E-state index in [1.807, 2.05) is 18.2 Å². The summed E-state index contributed by atoms with van der Waals surface area (Å²) in [4.78, 5) is 29.2. The maximum Gasteiger partial charge on any atom is 0.341 e. The van der Waals surface area contributed by atoms with Gasteiger partial charge >= 0.3 is 11.9 Å². The highest BCUT2D eigenvalue weighted by Gasteiger charge is 2.18. The average molecular weight is 453 g/mol. The molecule has 1 aromatic heterocycles. The zero-order valence-corrected chi connectivity index (χ0v) is 19.3. The van der Waals surface area contributed by atoms with Crippen LogP contribution >= 0.6 is 0 Å². The van der Waals surface area contributed by atoms with Crippen molar-refractivity contribution in [3.8, 4) is 11.5 Å². The van der Waals surface area contributed by atoms with Gasteiger partial charge in [-0.15, -0.1) is 0 Å². The second kappa shape index (κ2) is 11.2. The predicted molar refractivity (Wildman–Crippen MR) is 125 cm³/mol. The van der Waals surface area contributed by atoms with Crippen LogP contribution in [0.4, 0.5) is 5.69 Å². The van der Waals surface area contributed by atoms with Crippen molar-refractivity contribution in [3.05, 3.63) is 59.3 Å². The second-order valence-corrected chi connectivity index (χ2v) is 7.09. The first kappa shape index (κ1) is 23.8. The molecule has 3 rings (SSSR count). The molecule has 0 amide bonds. The number of aromatic nitrogens is 1. The zero-order valence-electron chi connectivity index (χ0n) is 19.3. The lowest BCUT2D eigenvalue weighted by molar-refractivity contribution is 0.0518. The third-order valence-corrected chi connectivity index (χ3v) is 5.04. The molecule has 0 atom stereocenters. The molecule has 0 fully saturated rings. The van der Waals surface area contributed by atoms with E-state index in [4.69, 9.17) is 18.9 Å². The van der Waals surface area contributed by atoms with Gasteiger partial charge in [0.1, 0.15) is 5.56 Å². The molecule has 0 aliphatic heterocycles. The van der Waals surface area contributed by atoms with E-state index in [1.54, 1.807) is 46.3 Å². The molecule has 1 heterocycles. The van der Waals surface area contributed by atoms with Crippen molar-refractivity contribution in [1.29, 1.82) is 0 Å². The summed E-state index contributed by atoms with van der Waals surface area (Å²) in [5.41, 5.74) is 2.92. The van der Waals surface area contributed by atoms with Gasteiger partial charge in [0.2, 0.25) is 0 Å². The minimum absolute atomic E-state index is 0.241. The van der Waals surface area contributed by atoms with Crippen molar-refractivity contribution in [2.24, 2.45) is 0 Å². The van der Waals surface area contributed by atoms with Crippen LogP contribution in [0.2, 0.25) is 0 Å². The maximum absolute atomic E-state index is 12.6. The van der Waals surface area contributed by atoms with E-state index in [0.717, 1.165) is 5.56 Å². The van der Waals surface area contributed by atoms with Crippen LogP contribution in [0.1, 0.15) is 40.1 Å². The van der Waals surface area contributed by atoms with Crippen LogP contribution in [0.25, 0.3) is 10.9 Å². The Morgan fingerprint density at radius 1 is 0.909 bits per heavy atom. The standard InChI is InChI=1S/C25H28N2O6/c1-5-32-24(28)17-8-9-20-18(14-17)23(19(15-27-20)25(29)33-6-2)26-12-11-16-7-10-21(30-3)22(13-16)31-4/h7-10,13-15H,5-6,11-12H2,1-4H3,(H,26,27). The Morgan fingerprint density at radius 3 is 2.33 bits per heavy atom. The van der Waals surface area contributed by atoms with Gasteiger partial charge in [-0.25, -0.2) is 9.59 Å². The zero-order chi connectivity index (χ0) is 23.8. The van der Waals surface area contributed by atoms with Gasteiger partial charge in [-0.3, -0.25) is 4.98 Å². The summed E-state index contributed by atoms with van der Waals surface area (Å²) in [6, 6.07) is 10.8. The average Bonchev–Trinajstić information content (AvgIpc) is 2.83. The number of anilines is 1. The summed E-state index contributed by atoms with van der Waals surface area (Å²) in [7, 11) is 3.19. The van der Waals surface area contributed by atoms with Crippen LogP contribution in [0.3, 0.4) is 0 Å². The smallest absolute Gasteiger partial charge is 0.341 e. The van der Waals surface area contributed by atoms with E-state index in [9.17, 15) is 9.59 Å². The number of rotatable bonds is 10. The molecule has 0 spiro atoms. The second-order valence-electron chi connectivity index (χ2n) is 7.09. The van der Waals surface area contributed by atoms with Crippen molar-refractivity contribution in [2.75, 3.05) is 39.3 Å². The normalized spacial score (nSPS) is 10.5. The van der Waals surface area contributed by atoms with Gasteiger partial charge in [-0.05, 0) is 56.2 Å². The van der Waals surface area contributed by atoms with Crippen LogP contribution in [0.15, 0.2) is 42.6 Å². The monoisotopic (exact) mass is 452 g/mol. The molecular formula is C25H28N2O6. The molecule has 0 unspecified atom stereocenters. The van der Waals surface area contributed by atoms with E-state index in [1.165, 1.54) is 6.20 Å². The Labute approximate surface area is 192 Å². The fraction of sp³-hybridized carbons (Fsp3) is 0.320. The van der Waals surface area contributed by atoms with Gasteiger partial charge in [0.25, 0.3) is 0 Å². The number of fused-ring (bicyclic) bond motifs is 1. The third-order valence-electron chi connectivity index (χ3n) is 5.04. The summed E-state index contributed by atoms with van der Waals surface area (Å²) >= 11 is 0. The number of hydrogen-bond acceptors (Lipinski definition) is 8. The van der Waals surface area contributed by atoms with Gasteiger partial charge in [0.05, 0.1) is 44.2 Å². The van der Waals surface area contributed by atoms with Crippen molar-refractivity contribution < 1.29 is 28.5 Å². The van der Waals surface area contributed by atoms with Crippen LogP contribution < -0.4 is 14.8 Å². The van der Waals surface area contributed by atoms with Gasteiger partial charge in [0, 0.05) is 18.1 Å². The molecule has 0 aliphatic carbocycles. The lowest BCUT2D eigenvalue weighted by Crippen LogP contribution is -2.13. The van der Waals surface area contributed by atoms with Gasteiger partial charge in [-0.2, -0.15) is 0 Å². The largest absolute Gasteiger partial charge is 0.493 e. The Bertz CT molecular complexity index is 1140.